The van der Waals surface area contributed by atoms with E-state index in [0.717, 1.165) is 5.56 Å². The van der Waals surface area contributed by atoms with Gasteiger partial charge in [0.15, 0.2) is 0 Å². The maximum absolute atomic E-state index is 12.3. The maximum Gasteiger partial charge on any atom is 0.227 e. The van der Waals surface area contributed by atoms with Crippen LogP contribution in [0.5, 0.6) is 0 Å². The number of sulfonamides is 1. The van der Waals surface area contributed by atoms with Gasteiger partial charge in [0.1, 0.15) is 0 Å². The van der Waals surface area contributed by atoms with Gasteiger partial charge in [0, 0.05) is 26.2 Å². The third kappa shape index (κ3) is 4.30. The first-order chi connectivity index (χ1) is 10.4. The van der Waals surface area contributed by atoms with E-state index < -0.39 is 10.0 Å². The van der Waals surface area contributed by atoms with Crippen LogP contribution >= 0.6 is 0 Å². The molecule has 1 fully saturated rings. The maximum atomic E-state index is 12.3. The Bertz CT molecular complexity index is 603. The molecule has 0 aromatic heterocycles. The molecule has 0 spiro atoms. The Balaban J connectivity index is 1.88. The van der Waals surface area contributed by atoms with Crippen molar-refractivity contribution in [1.29, 1.82) is 0 Å². The summed E-state index contributed by atoms with van der Waals surface area (Å²) in [5.41, 5.74) is 2.17. The van der Waals surface area contributed by atoms with Crippen molar-refractivity contribution in [3.05, 3.63) is 35.4 Å². The Hall–Kier alpha value is -1.40. The number of piperazine rings is 1. The van der Waals surface area contributed by atoms with Gasteiger partial charge in [0.05, 0.1) is 12.2 Å². The molecule has 0 atom stereocenters. The molecule has 122 valence electrons. The number of carbonyl (C=O) groups excluding carboxylic acids is 1. The molecule has 0 radical (unpaired) electrons. The lowest BCUT2D eigenvalue weighted by molar-refractivity contribution is -0.131. The SMILES string of the molecule is CCCS(=O)(=O)N1CCN(C(=O)Cc2ccc(C)cc2)CC1. The summed E-state index contributed by atoms with van der Waals surface area (Å²) >= 11 is 0. The van der Waals surface area contributed by atoms with Crippen molar-refractivity contribution in [1.82, 2.24) is 9.21 Å². The van der Waals surface area contributed by atoms with Crippen LogP contribution in [0.4, 0.5) is 0 Å². The van der Waals surface area contributed by atoms with Crippen LogP contribution in [0.1, 0.15) is 24.5 Å². The number of amides is 1. The minimum Gasteiger partial charge on any atom is -0.340 e. The van der Waals surface area contributed by atoms with E-state index in [2.05, 4.69) is 0 Å². The number of rotatable bonds is 5. The average molecular weight is 324 g/mol. The van der Waals surface area contributed by atoms with E-state index in [9.17, 15) is 13.2 Å². The van der Waals surface area contributed by atoms with Gasteiger partial charge in [-0.1, -0.05) is 36.8 Å². The number of benzene rings is 1. The molecule has 1 aromatic carbocycles. The van der Waals surface area contributed by atoms with E-state index in [1.165, 1.54) is 9.87 Å². The molecule has 1 amide bonds. The first-order valence-electron chi connectivity index (χ1n) is 7.73. The highest BCUT2D eigenvalue weighted by atomic mass is 32.2. The zero-order valence-electron chi connectivity index (χ0n) is 13.3. The van der Waals surface area contributed by atoms with Crippen molar-refractivity contribution in [3.63, 3.8) is 0 Å². The van der Waals surface area contributed by atoms with Gasteiger partial charge in [-0.05, 0) is 18.9 Å². The Morgan fingerprint density at radius 2 is 1.68 bits per heavy atom. The number of nitrogens with zero attached hydrogens (tertiary/aromatic N) is 2. The van der Waals surface area contributed by atoms with Crippen LogP contribution in [0, 0.1) is 6.92 Å². The molecule has 22 heavy (non-hydrogen) atoms. The molecule has 0 N–H and O–H groups in total. The predicted molar refractivity (Wildman–Crippen MR) is 87.1 cm³/mol. The van der Waals surface area contributed by atoms with Crippen molar-refractivity contribution < 1.29 is 13.2 Å². The van der Waals surface area contributed by atoms with Crippen LogP contribution in [-0.4, -0.2) is 55.5 Å². The first-order valence-corrected chi connectivity index (χ1v) is 9.34. The summed E-state index contributed by atoms with van der Waals surface area (Å²) in [4.78, 5) is 14.1. The second kappa shape index (κ2) is 7.24. The molecule has 1 aliphatic heterocycles. The molecule has 0 unspecified atom stereocenters. The normalized spacial score (nSPS) is 16.7. The number of carbonyl (C=O) groups is 1. The van der Waals surface area contributed by atoms with E-state index in [1.54, 1.807) is 4.90 Å². The second-order valence-electron chi connectivity index (χ2n) is 5.76. The average Bonchev–Trinajstić information content (AvgIpc) is 2.49. The van der Waals surface area contributed by atoms with Gasteiger partial charge in [0.25, 0.3) is 0 Å². The van der Waals surface area contributed by atoms with Gasteiger partial charge < -0.3 is 4.90 Å². The lowest BCUT2D eigenvalue weighted by Crippen LogP contribution is -2.51. The summed E-state index contributed by atoms with van der Waals surface area (Å²) in [5, 5.41) is 0. The van der Waals surface area contributed by atoms with Crippen LogP contribution in [0.3, 0.4) is 0 Å². The zero-order valence-corrected chi connectivity index (χ0v) is 14.1. The highest BCUT2D eigenvalue weighted by Crippen LogP contribution is 2.11. The van der Waals surface area contributed by atoms with Crippen molar-refractivity contribution in [3.8, 4) is 0 Å². The first kappa shape index (κ1) is 17.0. The topological polar surface area (TPSA) is 57.7 Å². The van der Waals surface area contributed by atoms with Crippen LogP contribution in [0.25, 0.3) is 0 Å². The van der Waals surface area contributed by atoms with E-state index in [0.29, 0.717) is 39.0 Å². The summed E-state index contributed by atoms with van der Waals surface area (Å²) < 4.78 is 25.5. The Kier molecular flexibility index (Phi) is 5.58. The molecule has 1 saturated heterocycles. The lowest BCUT2D eigenvalue weighted by Gasteiger charge is -2.34. The van der Waals surface area contributed by atoms with Crippen LogP contribution in [0.2, 0.25) is 0 Å². The number of hydrogen-bond donors (Lipinski definition) is 0. The fourth-order valence-electron chi connectivity index (χ4n) is 2.60. The van der Waals surface area contributed by atoms with Gasteiger partial charge in [0.2, 0.25) is 15.9 Å². The second-order valence-corrected chi connectivity index (χ2v) is 7.85. The summed E-state index contributed by atoms with van der Waals surface area (Å²) in [7, 11) is -3.15. The van der Waals surface area contributed by atoms with Crippen molar-refractivity contribution in [2.45, 2.75) is 26.7 Å². The Morgan fingerprint density at radius 1 is 1.09 bits per heavy atom. The summed E-state index contributed by atoms with van der Waals surface area (Å²) in [6, 6.07) is 7.93. The summed E-state index contributed by atoms with van der Waals surface area (Å²) in [6.07, 6.45) is 0.997. The molecule has 0 aliphatic carbocycles. The molecule has 5 nitrogen and oxygen atoms in total. The zero-order chi connectivity index (χ0) is 16.2. The van der Waals surface area contributed by atoms with Crippen LogP contribution in [-0.2, 0) is 21.2 Å². The van der Waals surface area contributed by atoms with Gasteiger partial charge in [-0.25, -0.2) is 8.42 Å². The van der Waals surface area contributed by atoms with Crippen molar-refractivity contribution in [2.75, 3.05) is 31.9 Å². The third-order valence-corrected chi connectivity index (χ3v) is 6.00. The molecule has 0 bridgehead atoms. The monoisotopic (exact) mass is 324 g/mol. The van der Waals surface area contributed by atoms with Gasteiger partial charge in [-0.15, -0.1) is 0 Å². The third-order valence-electron chi connectivity index (χ3n) is 3.92. The molecule has 1 heterocycles. The molecular weight excluding hydrogens is 300 g/mol. The number of hydrogen-bond acceptors (Lipinski definition) is 3. The van der Waals surface area contributed by atoms with E-state index >= 15 is 0 Å². The largest absolute Gasteiger partial charge is 0.340 e. The highest BCUT2D eigenvalue weighted by molar-refractivity contribution is 7.89. The van der Waals surface area contributed by atoms with Crippen molar-refractivity contribution >= 4 is 15.9 Å². The lowest BCUT2D eigenvalue weighted by atomic mass is 10.1. The minimum atomic E-state index is -3.15. The Morgan fingerprint density at radius 3 is 2.23 bits per heavy atom. The fourth-order valence-corrected chi connectivity index (χ4v) is 4.09. The Labute approximate surface area is 133 Å². The molecule has 6 heteroatoms. The van der Waals surface area contributed by atoms with Crippen molar-refractivity contribution in [2.24, 2.45) is 0 Å². The van der Waals surface area contributed by atoms with E-state index in [1.807, 2.05) is 38.1 Å². The predicted octanol–water partition coefficient (Wildman–Crippen LogP) is 1.42. The highest BCUT2D eigenvalue weighted by Gasteiger charge is 2.27. The minimum absolute atomic E-state index is 0.0661. The van der Waals surface area contributed by atoms with Crippen LogP contribution < -0.4 is 0 Å². The van der Waals surface area contributed by atoms with Gasteiger partial charge in [-0.2, -0.15) is 4.31 Å². The number of aryl methyl sites for hydroxylation is 1. The fraction of sp³-hybridized carbons (Fsp3) is 0.562. The molecular formula is C16H24N2O3S. The van der Waals surface area contributed by atoms with Gasteiger partial charge >= 0.3 is 0 Å². The molecule has 0 saturated carbocycles. The molecule has 2 rings (SSSR count). The van der Waals surface area contributed by atoms with E-state index in [-0.39, 0.29) is 11.7 Å². The smallest absolute Gasteiger partial charge is 0.227 e. The molecule has 1 aromatic rings. The van der Waals surface area contributed by atoms with Crippen LogP contribution in [0.15, 0.2) is 24.3 Å². The standard InChI is InChI=1S/C16H24N2O3S/c1-3-12-22(20,21)18-10-8-17(9-11-18)16(19)13-15-6-4-14(2)5-7-15/h4-7H,3,8-13H2,1-2H3. The van der Waals surface area contributed by atoms with Gasteiger partial charge in [-0.3, -0.25) is 4.79 Å². The summed E-state index contributed by atoms with van der Waals surface area (Å²) in [6.45, 7) is 5.64. The van der Waals surface area contributed by atoms with E-state index in [4.69, 9.17) is 0 Å². The molecule has 1 aliphatic rings. The quantitative estimate of drug-likeness (QED) is 0.823. The summed E-state index contributed by atoms with van der Waals surface area (Å²) in [5.74, 6) is 0.251.